The summed E-state index contributed by atoms with van der Waals surface area (Å²) in [7, 11) is 1.27. The second-order valence-corrected chi connectivity index (χ2v) is 4.34. The average molecular weight is 291 g/mol. The summed E-state index contributed by atoms with van der Waals surface area (Å²) in [6.07, 6.45) is 0.678. The van der Waals surface area contributed by atoms with Gasteiger partial charge < -0.3 is 14.6 Å². The molecule has 7 heteroatoms. The third kappa shape index (κ3) is 3.79. The number of rotatable bonds is 6. The number of ether oxygens (including phenoxy) is 2. The van der Waals surface area contributed by atoms with Crippen LogP contribution in [0, 0.1) is 0 Å². The molecule has 0 radical (unpaired) electrons. The second-order valence-electron chi connectivity index (χ2n) is 4.34. The molecule has 1 aromatic heterocycles. The van der Waals surface area contributed by atoms with Crippen LogP contribution < -0.4 is 4.74 Å². The van der Waals surface area contributed by atoms with Gasteiger partial charge in [-0.05, 0) is 24.6 Å². The molecule has 0 saturated heterocycles. The molecular weight excluding hydrogens is 274 g/mol. The van der Waals surface area contributed by atoms with E-state index in [0.717, 1.165) is 11.3 Å². The fraction of sp³-hybridized carbons (Fsp3) is 0.357. The molecule has 0 amide bonds. The van der Waals surface area contributed by atoms with Crippen molar-refractivity contribution >= 4 is 5.97 Å². The molecule has 112 valence electrons. The van der Waals surface area contributed by atoms with Crippen LogP contribution in [0.5, 0.6) is 5.75 Å². The minimum absolute atomic E-state index is 0.108. The van der Waals surface area contributed by atoms with Crippen LogP contribution in [0.3, 0.4) is 0 Å². The third-order valence-electron chi connectivity index (χ3n) is 2.87. The highest BCUT2D eigenvalue weighted by Gasteiger charge is 2.14. The van der Waals surface area contributed by atoms with Gasteiger partial charge in [-0.15, -0.1) is 5.10 Å². The van der Waals surface area contributed by atoms with Gasteiger partial charge in [-0.25, -0.2) is 9.48 Å². The normalized spacial score (nSPS) is 12.0. The Labute approximate surface area is 122 Å². The molecule has 0 bridgehead atoms. The predicted molar refractivity (Wildman–Crippen MR) is 73.9 cm³/mol. The van der Waals surface area contributed by atoms with E-state index in [1.165, 1.54) is 18.0 Å². The predicted octanol–water partition coefficient (Wildman–Crippen LogP) is 1.20. The minimum atomic E-state index is -0.757. The van der Waals surface area contributed by atoms with E-state index in [4.69, 9.17) is 4.74 Å². The summed E-state index contributed by atoms with van der Waals surface area (Å²) in [6.45, 7) is 2.70. The molecule has 0 fully saturated rings. The van der Waals surface area contributed by atoms with E-state index in [1.807, 2.05) is 6.92 Å². The topological polar surface area (TPSA) is 86.5 Å². The lowest BCUT2D eigenvalue weighted by molar-refractivity contribution is 0.0593. The van der Waals surface area contributed by atoms with E-state index in [-0.39, 0.29) is 12.2 Å². The summed E-state index contributed by atoms with van der Waals surface area (Å²) in [6, 6.07) is 7.16. The Morgan fingerprint density at radius 3 is 2.71 bits per heavy atom. The molecule has 21 heavy (non-hydrogen) atoms. The minimum Gasteiger partial charge on any atom is -0.494 e. The molecule has 1 unspecified atom stereocenters. The van der Waals surface area contributed by atoms with Crippen molar-refractivity contribution in [3.63, 3.8) is 0 Å². The maximum absolute atomic E-state index is 11.3. The number of nitrogens with zero attached hydrogens (tertiary/aromatic N) is 3. The van der Waals surface area contributed by atoms with Crippen molar-refractivity contribution in [3.05, 3.63) is 41.7 Å². The van der Waals surface area contributed by atoms with Crippen LogP contribution in [0.25, 0.3) is 0 Å². The molecule has 0 aliphatic rings. The second kappa shape index (κ2) is 6.85. The monoisotopic (exact) mass is 291 g/mol. The smallest absolute Gasteiger partial charge is 0.360 e. The number of aromatic nitrogens is 3. The molecule has 0 saturated carbocycles. The molecule has 1 heterocycles. The molecule has 1 aromatic carbocycles. The maximum Gasteiger partial charge on any atom is 0.360 e. The van der Waals surface area contributed by atoms with Gasteiger partial charge in [-0.2, -0.15) is 0 Å². The van der Waals surface area contributed by atoms with Crippen molar-refractivity contribution in [2.24, 2.45) is 0 Å². The fourth-order valence-corrected chi connectivity index (χ4v) is 1.82. The number of hydrogen-bond acceptors (Lipinski definition) is 6. The van der Waals surface area contributed by atoms with Crippen molar-refractivity contribution in [1.82, 2.24) is 15.0 Å². The Kier molecular flexibility index (Phi) is 4.89. The lowest BCUT2D eigenvalue weighted by atomic mass is 10.1. The lowest BCUT2D eigenvalue weighted by Crippen LogP contribution is -2.09. The van der Waals surface area contributed by atoms with E-state index < -0.39 is 12.1 Å². The van der Waals surface area contributed by atoms with Gasteiger partial charge >= 0.3 is 5.97 Å². The Hall–Kier alpha value is -2.41. The summed E-state index contributed by atoms with van der Waals surface area (Å²) < 4.78 is 11.3. The Bertz CT molecular complexity index is 595. The zero-order valence-electron chi connectivity index (χ0n) is 11.9. The molecule has 2 aromatic rings. The van der Waals surface area contributed by atoms with E-state index in [2.05, 4.69) is 15.0 Å². The maximum atomic E-state index is 11.3. The van der Waals surface area contributed by atoms with Crippen LogP contribution >= 0.6 is 0 Å². The molecule has 0 spiro atoms. The average Bonchev–Trinajstić information content (AvgIpc) is 2.96. The van der Waals surface area contributed by atoms with Gasteiger partial charge in [0.2, 0.25) is 0 Å². The molecule has 7 nitrogen and oxygen atoms in total. The SMILES string of the molecule is CCOc1ccc(C(O)Cn2cc(C(=O)OC)nn2)cc1. The number of hydrogen-bond donors (Lipinski definition) is 1. The summed E-state index contributed by atoms with van der Waals surface area (Å²) in [5.41, 5.74) is 0.838. The Balaban J connectivity index is 2.01. The molecule has 0 aliphatic carbocycles. The highest BCUT2D eigenvalue weighted by molar-refractivity contribution is 5.86. The molecule has 2 rings (SSSR count). The first-order valence-electron chi connectivity index (χ1n) is 6.53. The van der Waals surface area contributed by atoms with E-state index in [0.29, 0.717) is 6.61 Å². The number of carbonyl (C=O) groups excluding carboxylic acids is 1. The number of benzene rings is 1. The van der Waals surface area contributed by atoms with Crippen LogP contribution in [-0.2, 0) is 11.3 Å². The Morgan fingerprint density at radius 1 is 1.38 bits per heavy atom. The van der Waals surface area contributed by atoms with Gasteiger partial charge in [0.05, 0.1) is 32.6 Å². The highest BCUT2D eigenvalue weighted by atomic mass is 16.5. The number of aliphatic hydroxyl groups excluding tert-OH is 1. The van der Waals surface area contributed by atoms with Gasteiger partial charge in [-0.3, -0.25) is 0 Å². The molecule has 1 N–H and O–H groups in total. The van der Waals surface area contributed by atoms with Gasteiger partial charge in [0.1, 0.15) is 5.75 Å². The first kappa shape index (κ1) is 15.0. The van der Waals surface area contributed by atoms with Gasteiger partial charge in [0, 0.05) is 0 Å². The van der Waals surface area contributed by atoms with Crippen molar-refractivity contribution in [1.29, 1.82) is 0 Å². The number of aliphatic hydroxyl groups is 1. The van der Waals surface area contributed by atoms with Gasteiger partial charge in [0.15, 0.2) is 5.69 Å². The van der Waals surface area contributed by atoms with E-state index in [9.17, 15) is 9.90 Å². The quantitative estimate of drug-likeness (QED) is 0.805. The zero-order valence-corrected chi connectivity index (χ0v) is 11.9. The largest absolute Gasteiger partial charge is 0.494 e. The first-order chi connectivity index (χ1) is 10.1. The number of carbonyl (C=O) groups is 1. The first-order valence-corrected chi connectivity index (χ1v) is 6.53. The van der Waals surface area contributed by atoms with Crippen LogP contribution in [0.2, 0.25) is 0 Å². The van der Waals surface area contributed by atoms with Crippen molar-refractivity contribution < 1.29 is 19.4 Å². The summed E-state index contributed by atoms with van der Waals surface area (Å²) in [4.78, 5) is 11.3. The lowest BCUT2D eigenvalue weighted by Gasteiger charge is -2.11. The van der Waals surface area contributed by atoms with Gasteiger partial charge in [0.25, 0.3) is 0 Å². The summed E-state index contributed by atoms with van der Waals surface area (Å²) in [5, 5.41) is 17.6. The van der Waals surface area contributed by atoms with Crippen LogP contribution in [0.15, 0.2) is 30.5 Å². The number of methoxy groups -OCH3 is 1. The van der Waals surface area contributed by atoms with E-state index in [1.54, 1.807) is 24.3 Å². The van der Waals surface area contributed by atoms with Crippen LogP contribution in [-0.4, -0.2) is 39.8 Å². The third-order valence-corrected chi connectivity index (χ3v) is 2.87. The zero-order chi connectivity index (χ0) is 15.2. The van der Waals surface area contributed by atoms with E-state index >= 15 is 0 Å². The molecule has 0 aliphatic heterocycles. The Morgan fingerprint density at radius 2 is 2.10 bits per heavy atom. The van der Waals surface area contributed by atoms with Crippen LogP contribution in [0.1, 0.15) is 29.1 Å². The fourth-order valence-electron chi connectivity index (χ4n) is 1.82. The van der Waals surface area contributed by atoms with Crippen molar-refractivity contribution in [2.45, 2.75) is 19.6 Å². The van der Waals surface area contributed by atoms with Crippen molar-refractivity contribution in [3.8, 4) is 5.75 Å². The highest BCUT2D eigenvalue weighted by Crippen LogP contribution is 2.19. The molecule has 1 atom stereocenters. The van der Waals surface area contributed by atoms with Crippen molar-refractivity contribution in [2.75, 3.05) is 13.7 Å². The van der Waals surface area contributed by atoms with Gasteiger partial charge in [-0.1, -0.05) is 17.3 Å². The summed E-state index contributed by atoms with van der Waals surface area (Å²) >= 11 is 0. The number of esters is 1. The summed E-state index contributed by atoms with van der Waals surface area (Å²) in [5.74, 6) is 0.194. The standard InChI is InChI=1S/C14H17N3O4/c1-3-21-11-6-4-10(5-7-11)13(18)9-17-8-12(15-16-17)14(19)20-2/h4-8,13,18H,3,9H2,1-2H3. The van der Waals surface area contributed by atoms with Crippen LogP contribution in [0.4, 0.5) is 0 Å². The molecular formula is C14H17N3O4.